The van der Waals surface area contributed by atoms with Crippen LogP contribution >= 0.6 is 23.4 Å². The SMILES string of the molecule is CSC1=N/C(=C\c2cccc(OCc3ccc(Cl)cc3)c2)C(=O)N1C. The van der Waals surface area contributed by atoms with Crippen LogP contribution in [0, 0.1) is 0 Å². The fraction of sp³-hybridized carbons (Fsp3) is 0.158. The molecule has 0 aliphatic carbocycles. The molecule has 1 aliphatic heterocycles. The Kier molecular flexibility index (Phi) is 5.46. The lowest BCUT2D eigenvalue weighted by Crippen LogP contribution is -2.25. The van der Waals surface area contributed by atoms with E-state index in [1.807, 2.05) is 54.8 Å². The van der Waals surface area contributed by atoms with Crippen molar-refractivity contribution in [3.05, 3.63) is 70.4 Å². The smallest absolute Gasteiger partial charge is 0.278 e. The Balaban J connectivity index is 1.73. The van der Waals surface area contributed by atoms with Crippen LogP contribution in [0.5, 0.6) is 5.75 Å². The predicted octanol–water partition coefficient (Wildman–Crippen LogP) is 4.45. The molecule has 0 saturated carbocycles. The Labute approximate surface area is 156 Å². The van der Waals surface area contributed by atoms with E-state index in [9.17, 15) is 4.79 Å². The number of nitrogens with zero attached hydrogens (tertiary/aromatic N) is 2. The van der Waals surface area contributed by atoms with Gasteiger partial charge in [-0.3, -0.25) is 9.69 Å². The van der Waals surface area contributed by atoms with Crippen LogP contribution in [0.1, 0.15) is 11.1 Å². The van der Waals surface area contributed by atoms with Gasteiger partial charge in [0.1, 0.15) is 18.1 Å². The van der Waals surface area contributed by atoms with Crippen LogP contribution < -0.4 is 4.74 Å². The van der Waals surface area contributed by atoms with Gasteiger partial charge in [-0.1, -0.05) is 47.6 Å². The predicted molar refractivity (Wildman–Crippen MR) is 104 cm³/mol. The molecule has 2 aromatic carbocycles. The Bertz CT molecular complexity index is 847. The number of benzene rings is 2. The van der Waals surface area contributed by atoms with Gasteiger partial charge in [0.05, 0.1) is 0 Å². The summed E-state index contributed by atoms with van der Waals surface area (Å²) in [4.78, 5) is 18.1. The lowest BCUT2D eigenvalue weighted by molar-refractivity contribution is -0.121. The molecule has 1 aliphatic rings. The molecular weight excluding hydrogens is 356 g/mol. The van der Waals surface area contributed by atoms with Crippen molar-refractivity contribution in [1.29, 1.82) is 0 Å². The maximum Gasteiger partial charge on any atom is 0.278 e. The molecule has 25 heavy (non-hydrogen) atoms. The molecule has 0 spiro atoms. The molecule has 2 aromatic rings. The second kappa shape index (κ2) is 7.76. The van der Waals surface area contributed by atoms with Crippen LogP contribution in [0.25, 0.3) is 6.08 Å². The van der Waals surface area contributed by atoms with Crippen molar-refractivity contribution in [3.63, 3.8) is 0 Å². The van der Waals surface area contributed by atoms with E-state index in [-0.39, 0.29) is 5.91 Å². The Morgan fingerprint density at radius 3 is 2.68 bits per heavy atom. The zero-order chi connectivity index (χ0) is 17.8. The van der Waals surface area contributed by atoms with Gasteiger partial charge >= 0.3 is 0 Å². The van der Waals surface area contributed by atoms with Crippen LogP contribution in [0.15, 0.2) is 59.2 Å². The molecule has 6 heteroatoms. The van der Waals surface area contributed by atoms with E-state index in [4.69, 9.17) is 16.3 Å². The average Bonchev–Trinajstić information content (AvgIpc) is 2.89. The van der Waals surface area contributed by atoms with E-state index in [2.05, 4.69) is 4.99 Å². The molecule has 0 unspecified atom stereocenters. The quantitative estimate of drug-likeness (QED) is 0.744. The van der Waals surface area contributed by atoms with Gasteiger partial charge in [0.15, 0.2) is 5.17 Å². The minimum absolute atomic E-state index is 0.100. The van der Waals surface area contributed by atoms with E-state index in [0.717, 1.165) is 16.9 Å². The monoisotopic (exact) mass is 372 g/mol. The Morgan fingerprint density at radius 1 is 1.24 bits per heavy atom. The molecule has 3 rings (SSSR count). The maximum absolute atomic E-state index is 12.2. The molecule has 4 nitrogen and oxygen atoms in total. The van der Waals surface area contributed by atoms with Crippen LogP contribution in [0.2, 0.25) is 5.02 Å². The van der Waals surface area contributed by atoms with Crippen LogP contribution in [-0.4, -0.2) is 29.3 Å². The highest BCUT2D eigenvalue weighted by atomic mass is 35.5. The minimum atomic E-state index is -0.100. The number of hydrogen-bond acceptors (Lipinski definition) is 4. The fourth-order valence-electron chi connectivity index (χ4n) is 2.36. The third-order valence-electron chi connectivity index (χ3n) is 3.69. The number of likely N-dealkylation sites (N-methyl/N-ethyl adjacent to an activating group) is 1. The first-order valence-corrected chi connectivity index (χ1v) is 9.27. The van der Waals surface area contributed by atoms with Crippen LogP contribution in [0.4, 0.5) is 0 Å². The normalized spacial score (nSPS) is 15.6. The molecule has 0 aromatic heterocycles. The molecule has 0 atom stereocenters. The summed E-state index contributed by atoms with van der Waals surface area (Å²) in [6.07, 6.45) is 3.67. The van der Waals surface area contributed by atoms with Gasteiger partial charge in [-0.15, -0.1) is 0 Å². The van der Waals surface area contributed by atoms with Crippen molar-refractivity contribution >= 4 is 40.5 Å². The first kappa shape index (κ1) is 17.6. The van der Waals surface area contributed by atoms with Gasteiger partial charge in [0.25, 0.3) is 5.91 Å². The molecule has 1 heterocycles. The highest BCUT2D eigenvalue weighted by Gasteiger charge is 2.25. The van der Waals surface area contributed by atoms with Gasteiger partial charge in [-0.05, 0) is 47.7 Å². The van der Waals surface area contributed by atoms with Crippen molar-refractivity contribution in [2.75, 3.05) is 13.3 Å². The van der Waals surface area contributed by atoms with Gasteiger partial charge in [0, 0.05) is 12.1 Å². The van der Waals surface area contributed by atoms with E-state index < -0.39 is 0 Å². The molecule has 0 bridgehead atoms. The lowest BCUT2D eigenvalue weighted by Gasteiger charge is -2.08. The lowest BCUT2D eigenvalue weighted by atomic mass is 10.2. The molecule has 0 saturated heterocycles. The highest BCUT2D eigenvalue weighted by Crippen LogP contribution is 2.23. The third kappa shape index (κ3) is 4.24. The second-order valence-corrected chi connectivity index (χ2v) is 6.69. The first-order chi connectivity index (χ1) is 12.1. The van der Waals surface area contributed by atoms with Crippen molar-refractivity contribution in [2.45, 2.75) is 6.61 Å². The highest BCUT2D eigenvalue weighted by molar-refractivity contribution is 8.13. The number of amidine groups is 1. The average molecular weight is 373 g/mol. The number of aliphatic imine (C=N–C) groups is 1. The molecule has 0 N–H and O–H groups in total. The largest absolute Gasteiger partial charge is 0.489 e. The van der Waals surface area contributed by atoms with E-state index >= 15 is 0 Å². The van der Waals surface area contributed by atoms with Crippen molar-refractivity contribution in [1.82, 2.24) is 4.90 Å². The summed E-state index contributed by atoms with van der Waals surface area (Å²) in [5.41, 5.74) is 2.34. The van der Waals surface area contributed by atoms with Gasteiger partial charge < -0.3 is 4.74 Å². The first-order valence-electron chi connectivity index (χ1n) is 7.66. The van der Waals surface area contributed by atoms with Crippen LogP contribution in [0.3, 0.4) is 0 Å². The number of hydrogen-bond donors (Lipinski definition) is 0. The summed E-state index contributed by atoms with van der Waals surface area (Å²) in [5.74, 6) is 0.633. The zero-order valence-corrected chi connectivity index (χ0v) is 15.5. The topological polar surface area (TPSA) is 41.9 Å². The molecule has 0 fully saturated rings. The summed E-state index contributed by atoms with van der Waals surface area (Å²) in [6.45, 7) is 0.452. The number of ether oxygens (including phenoxy) is 1. The molecule has 0 radical (unpaired) electrons. The molecular formula is C19H17ClN2O2S. The molecule has 1 amide bonds. The fourth-order valence-corrected chi connectivity index (χ4v) is 3.03. The summed E-state index contributed by atoms with van der Waals surface area (Å²) in [7, 11) is 1.73. The maximum atomic E-state index is 12.2. The third-order valence-corrected chi connectivity index (χ3v) is 4.67. The summed E-state index contributed by atoms with van der Waals surface area (Å²) < 4.78 is 5.82. The minimum Gasteiger partial charge on any atom is -0.489 e. The summed E-state index contributed by atoms with van der Waals surface area (Å²) >= 11 is 7.33. The zero-order valence-electron chi connectivity index (χ0n) is 13.9. The van der Waals surface area contributed by atoms with Gasteiger partial charge in [-0.25, -0.2) is 4.99 Å². The number of carbonyl (C=O) groups excluding carboxylic acids is 1. The van der Waals surface area contributed by atoms with E-state index in [1.54, 1.807) is 18.0 Å². The molecule has 128 valence electrons. The number of halogens is 1. The van der Waals surface area contributed by atoms with Crippen molar-refractivity contribution < 1.29 is 9.53 Å². The van der Waals surface area contributed by atoms with Crippen molar-refractivity contribution in [2.24, 2.45) is 4.99 Å². The van der Waals surface area contributed by atoms with Gasteiger partial charge in [0.2, 0.25) is 0 Å². The summed E-state index contributed by atoms with van der Waals surface area (Å²) in [6, 6.07) is 15.1. The Hall–Kier alpha value is -2.24. The number of rotatable bonds is 4. The van der Waals surface area contributed by atoms with Gasteiger partial charge in [-0.2, -0.15) is 0 Å². The summed E-state index contributed by atoms with van der Waals surface area (Å²) in [5, 5.41) is 1.40. The number of carbonyl (C=O) groups is 1. The number of amides is 1. The second-order valence-electron chi connectivity index (χ2n) is 5.48. The van der Waals surface area contributed by atoms with Crippen LogP contribution in [-0.2, 0) is 11.4 Å². The van der Waals surface area contributed by atoms with E-state index in [0.29, 0.717) is 22.5 Å². The standard InChI is InChI=1S/C19H17ClN2O2S/c1-22-18(23)17(21-19(22)25-2)11-14-4-3-5-16(10-14)24-12-13-6-8-15(20)9-7-13/h3-11H,12H2,1-2H3/b17-11-. The Morgan fingerprint density at radius 2 is 2.00 bits per heavy atom. The van der Waals surface area contributed by atoms with E-state index in [1.165, 1.54) is 11.8 Å². The number of thioether (sulfide) groups is 1. The van der Waals surface area contributed by atoms with Crippen molar-refractivity contribution in [3.8, 4) is 5.75 Å².